The third kappa shape index (κ3) is 3.46. The Morgan fingerprint density at radius 2 is 2.07 bits per heavy atom. The fraction of sp³-hybridized carbons (Fsp3) is 0.100. The van der Waals surface area contributed by atoms with Crippen LogP contribution in [0.15, 0.2) is 36.9 Å². The Morgan fingerprint density at radius 3 is 2.60 bits per heavy atom. The van der Waals surface area contributed by atoms with Crippen molar-refractivity contribution in [2.75, 3.05) is 0 Å². The average molecular weight is 216 g/mol. The van der Waals surface area contributed by atoms with Crippen LogP contribution < -0.4 is 4.74 Å². The number of carbonyl (C=O) groups excluding carboxylic acids is 1. The smallest absolute Gasteiger partial charge is 0.406 e. The normalized spacial score (nSPS) is 10.9. The molecule has 1 rings (SSSR count). The molecule has 0 saturated heterocycles. The molecule has 0 saturated carbocycles. The molecule has 0 heterocycles. The zero-order valence-corrected chi connectivity index (χ0v) is 7.54. The molecule has 0 fully saturated rings. The number of rotatable bonds is 3. The minimum atomic E-state index is -4.75. The fourth-order valence-corrected chi connectivity index (χ4v) is 0.964. The highest BCUT2D eigenvalue weighted by atomic mass is 19.4. The molecular formula is C10H7F3O2. The van der Waals surface area contributed by atoms with Gasteiger partial charge in [0.1, 0.15) is 5.75 Å². The maximum atomic E-state index is 11.8. The monoisotopic (exact) mass is 216 g/mol. The van der Waals surface area contributed by atoms with Crippen LogP contribution in [0.5, 0.6) is 5.75 Å². The van der Waals surface area contributed by atoms with Crippen LogP contribution in [0.25, 0.3) is 0 Å². The van der Waals surface area contributed by atoms with E-state index in [9.17, 15) is 18.0 Å². The number of ether oxygens (including phenoxy) is 1. The van der Waals surface area contributed by atoms with E-state index in [2.05, 4.69) is 11.3 Å². The number of benzene rings is 1. The van der Waals surface area contributed by atoms with E-state index >= 15 is 0 Å². The van der Waals surface area contributed by atoms with E-state index in [4.69, 9.17) is 0 Å². The van der Waals surface area contributed by atoms with Crippen molar-refractivity contribution < 1.29 is 22.7 Å². The lowest BCUT2D eigenvalue weighted by atomic mass is 10.1. The molecule has 0 radical (unpaired) electrons. The van der Waals surface area contributed by atoms with E-state index in [0.29, 0.717) is 0 Å². The largest absolute Gasteiger partial charge is 0.573 e. The molecule has 0 aliphatic rings. The Morgan fingerprint density at radius 1 is 1.40 bits per heavy atom. The lowest BCUT2D eigenvalue weighted by molar-refractivity contribution is -0.274. The van der Waals surface area contributed by atoms with Gasteiger partial charge in [0.25, 0.3) is 0 Å². The molecule has 5 heteroatoms. The van der Waals surface area contributed by atoms with Crippen LogP contribution in [-0.2, 0) is 0 Å². The molecule has 0 spiro atoms. The van der Waals surface area contributed by atoms with Gasteiger partial charge >= 0.3 is 6.36 Å². The number of ketones is 1. The van der Waals surface area contributed by atoms with Crippen LogP contribution in [0, 0.1) is 0 Å². The van der Waals surface area contributed by atoms with E-state index in [0.717, 1.165) is 18.2 Å². The molecule has 0 aromatic heterocycles. The summed E-state index contributed by atoms with van der Waals surface area (Å²) in [5.74, 6) is -0.877. The SMILES string of the molecule is C=CC(=O)c1cccc(OC(F)(F)F)c1. The first-order chi connectivity index (χ1) is 6.92. The molecule has 0 amide bonds. The summed E-state index contributed by atoms with van der Waals surface area (Å²) in [6.45, 7) is 3.23. The Balaban J connectivity index is 2.93. The summed E-state index contributed by atoms with van der Waals surface area (Å²) >= 11 is 0. The molecule has 2 nitrogen and oxygen atoms in total. The topological polar surface area (TPSA) is 26.3 Å². The molecule has 0 atom stereocenters. The van der Waals surface area contributed by atoms with Gasteiger partial charge < -0.3 is 4.74 Å². The second kappa shape index (κ2) is 4.16. The van der Waals surface area contributed by atoms with Gasteiger partial charge in [-0.1, -0.05) is 18.7 Å². The van der Waals surface area contributed by atoms with Crippen LogP contribution in [0.1, 0.15) is 10.4 Å². The summed E-state index contributed by atoms with van der Waals surface area (Å²) in [5.41, 5.74) is 0.103. The third-order valence-electron chi connectivity index (χ3n) is 1.54. The molecule has 15 heavy (non-hydrogen) atoms. The summed E-state index contributed by atoms with van der Waals surface area (Å²) in [6, 6.07) is 4.82. The number of alkyl halides is 3. The standard InChI is InChI=1S/C10H7F3O2/c1-2-9(14)7-4-3-5-8(6-7)15-10(11,12)13/h2-6H,1H2. The van der Waals surface area contributed by atoms with Crippen LogP contribution in [-0.4, -0.2) is 12.1 Å². The first-order valence-electron chi connectivity index (χ1n) is 3.95. The predicted molar refractivity (Wildman–Crippen MR) is 47.7 cm³/mol. The van der Waals surface area contributed by atoms with Crippen molar-refractivity contribution in [3.8, 4) is 5.75 Å². The minimum absolute atomic E-state index is 0.103. The quantitative estimate of drug-likeness (QED) is 0.573. The number of carbonyl (C=O) groups is 1. The van der Waals surface area contributed by atoms with E-state index in [-0.39, 0.29) is 5.56 Å². The van der Waals surface area contributed by atoms with Crippen molar-refractivity contribution in [1.82, 2.24) is 0 Å². The van der Waals surface area contributed by atoms with Gasteiger partial charge in [-0.25, -0.2) is 0 Å². The first-order valence-corrected chi connectivity index (χ1v) is 3.95. The van der Waals surface area contributed by atoms with Gasteiger partial charge in [-0.2, -0.15) is 0 Å². The predicted octanol–water partition coefficient (Wildman–Crippen LogP) is 2.95. The van der Waals surface area contributed by atoms with Gasteiger partial charge in [0.15, 0.2) is 5.78 Å². The summed E-state index contributed by atoms with van der Waals surface area (Å²) in [6.07, 6.45) is -3.73. The Bertz CT molecular complexity index is 382. The van der Waals surface area contributed by atoms with Gasteiger partial charge in [-0.3, -0.25) is 4.79 Å². The summed E-state index contributed by atoms with van der Waals surface area (Å²) < 4.78 is 39.1. The van der Waals surface area contributed by atoms with Gasteiger partial charge in [0, 0.05) is 5.56 Å². The molecule has 80 valence electrons. The van der Waals surface area contributed by atoms with Crippen molar-refractivity contribution in [3.05, 3.63) is 42.5 Å². The molecule has 0 unspecified atom stereocenters. The lowest BCUT2D eigenvalue weighted by Gasteiger charge is -2.08. The Kier molecular flexibility index (Phi) is 3.14. The Hall–Kier alpha value is -1.78. The molecule has 0 aliphatic carbocycles. The second-order valence-corrected chi connectivity index (χ2v) is 2.64. The maximum Gasteiger partial charge on any atom is 0.573 e. The fourth-order valence-electron chi connectivity index (χ4n) is 0.964. The number of hydrogen-bond acceptors (Lipinski definition) is 2. The van der Waals surface area contributed by atoms with Crippen molar-refractivity contribution in [2.45, 2.75) is 6.36 Å². The van der Waals surface area contributed by atoms with Crippen molar-refractivity contribution >= 4 is 5.78 Å². The van der Waals surface area contributed by atoms with Gasteiger partial charge in [-0.05, 0) is 18.2 Å². The van der Waals surface area contributed by atoms with Crippen molar-refractivity contribution in [3.63, 3.8) is 0 Å². The van der Waals surface area contributed by atoms with Crippen LogP contribution in [0.3, 0.4) is 0 Å². The molecule has 1 aromatic carbocycles. The molecule has 1 aromatic rings. The lowest BCUT2D eigenvalue weighted by Crippen LogP contribution is -2.17. The van der Waals surface area contributed by atoms with Gasteiger partial charge in [0.05, 0.1) is 0 Å². The molecule has 0 aliphatic heterocycles. The second-order valence-electron chi connectivity index (χ2n) is 2.64. The van der Waals surface area contributed by atoms with Crippen LogP contribution in [0.4, 0.5) is 13.2 Å². The molecule has 0 N–H and O–H groups in total. The molecule has 0 bridgehead atoms. The highest BCUT2D eigenvalue weighted by Crippen LogP contribution is 2.23. The number of hydrogen-bond donors (Lipinski definition) is 0. The summed E-state index contributed by atoms with van der Waals surface area (Å²) in [5, 5.41) is 0. The highest BCUT2D eigenvalue weighted by molar-refractivity contribution is 6.04. The van der Waals surface area contributed by atoms with E-state index in [1.807, 2.05) is 0 Å². The summed E-state index contributed by atoms with van der Waals surface area (Å²) in [7, 11) is 0. The van der Waals surface area contributed by atoms with Crippen LogP contribution >= 0.6 is 0 Å². The van der Waals surface area contributed by atoms with E-state index < -0.39 is 17.9 Å². The third-order valence-corrected chi connectivity index (χ3v) is 1.54. The summed E-state index contributed by atoms with van der Waals surface area (Å²) in [4.78, 5) is 11.1. The van der Waals surface area contributed by atoms with E-state index in [1.165, 1.54) is 12.1 Å². The van der Waals surface area contributed by atoms with Crippen molar-refractivity contribution in [1.29, 1.82) is 0 Å². The maximum absolute atomic E-state index is 11.8. The average Bonchev–Trinajstić information content (AvgIpc) is 2.14. The van der Waals surface area contributed by atoms with E-state index in [1.54, 1.807) is 0 Å². The number of allylic oxidation sites excluding steroid dienone is 1. The van der Waals surface area contributed by atoms with Crippen LogP contribution in [0.2, 0.25) is 0 Å². The Labute approximate surface area is 84.0 Å². The zero-order valence-electron chi connectivity index (χ0n) is 7.54. The van der Waals surface area contributed by atoms with Gasteiger partial charge in [0.2, 0.25) is 0 Å². The number of halogens is 3. The minimum Gasteiger partial charge on any atom is -0.406 e. The van der Waals surface area contributed by atoms with Crippen molar-refractivity contribution in [2.24, 2.45) is 0 Å². The first kappa shape index (κ1) is 11.3. The zero-order chi connectivity index (χ0) is 11.5. The molecular weight excluding hydrogens is 209 g/mol. The van der Waals surface area contributed by atoms with Gasteiger partial charge in [-0.15, -0.1) is 13.2 Å². The highest BCUT2D eigenvalue weighted by Gasteiger charge is 2.31.